The molecule has 3 nitrogen and oxygen atoms in total. The Balaban J connectivity index is 3.01. The Kier molecular flexibility index (Phi) is 5.01. The van der Waals surface area contributed by atoms with Gasteiger partial charge in [-0.1, -0.05) is 35.8 Å². The lowest BCUT2D eigenvalue weighted by Crippen LogP contribution is -2.17. The van der Waals surface area contributed by atoms with Crippen LogP contribution in [0, 0.1) is 0 Å². The first kappa shape index (κ1) is 14.5. The molecule has 0 aliphatic carbocycles. The van der Waals surface area contributed by atoms with E-state index in [0.717, 1.165) is 6.26 Å². The average Bonchev–Trinajstić information content (AvgIpc) is 2.18. The van der Waals surface area contributed by atoms with Crippen LogP contribution in [0.2, 0.25) is 5.02 Å². The Morgan fingerprint density at radius 3 is 2.65 bits per heavy atom. The van der Waals surface area contributed by atoms with E-state index in [9.17, 15) is 8.42 Å². The number of benzene rings is 1. The number of halogens is 2. The van der Waals surface area contributed by atoms with Gasteiger partial charge in [-0.05, 0) is 12.1 Å². The highest BCUT2D eigenvalue weighted by atomic mass is 35.5. The van der Waals surface area contributed by atoms with Crippen LogP contribution in [0.5, 0.6) is 0 Å². The van der Waals surface area contributed by atoms with Crippen LogP contribution in [0.1, 0.15) is 5.56 Å². The molecule has 0 atom stereocenters. The maximum Gasteiger partial charge on any atom is 0.175 e. The molecule has 17 heavy (non-hydrogen) atoms. The molecule has 0 aliphatic heterocycles. The molecule has 1 N–H and O–H groups in total. The monoisotopic (exact) mass is 293 g/mol. The van der Waals surface area contributed by atoms with Gasteiger partial charge in [0.15, 0.2) is 9.84 Å². The zero-order valence-electron chi connectivity index (χ0n) is 9.33. The van der Waals surface area contributed by atoms with E-state index in [1.54, 1.807) is 12.1 Å². The van der Waals surface area contributed by atoms with Crippen molar-refractivity contribution in [3.8, 4) is 0 Å². The van der Waals surface area contributed by atoms with Crippen LogP contribution in [-0.2, 0) is 16.4 Å². The van der Waals surface area contributed by atoms with Crippen molar-refractivity contribution in [2.24, 2.45) is 0 Å². The minimum atomic E-state index is -3.29. The van der Waals surface area contributed by atoms with Gasteiger partial charge in [0.05, 0.1) is 4.90 Å². The highest BCUT2D eigenvalue weighted by molar-refractivity contribution is 7.90. The van der Waals surface area contributed by atoms with Gasteiger partial charge in [0.25, 0.3) is 0 Å². The molecule has 0 unspecified atom stereocenters. The summed E-state index contributed by atoms with van der Waals surface area (Å²) in [6, 6.07) is 4.80. The van der Waals surface area contributed by atoms with E-state index in [-0.39, 0.29) is 4.90 Å². The predicted molar refractivity (Wildman–Crippen MR) is 71.3 cm³/mol. The molecule has 0 amide bonds. The zero-order valence-corrected chi connectivity index (χ0v) is 11.7. The summed E-state index contributed by atoms with van der Waals surface area (Å²) in [5.74, 6) is 0. The number of hydrogen-bond acceptors (Lipinski definition) is 3. The van der Waals surface area contributed by atoms with Crippen LogP contribution in [0.25, 0.3) is 0 Å². The van der Waals surface area contributed by atoms with E-state index in [1.165, 1.54) is 6.07 Å². The maximum absolute atomic E-state index is 11.6. The van der Waals surface area contributed by atoms with Gasteiger partial charge >= 0.3 is 0 Å². The molecule has 6 heteroatoms. The lowest BCUT2D eigenvalue weighted by molar-refractivity contribution is 0.599. The third-order valence-electron chi connectivity index (χ3n) is 2.09. The number of hydrogen-bond donors (Lipinski definition) is 1. The Bertz CT molecular complexity index is 526. The number of nitrogens with one attached hydrogen (secondary N) is 1. The van der Waals surface area contributed by atoms with Gasteiger partial charge in [0.1, 0.15) is 0 Å². The number of rotatable bonds is 5. The highest BCUT2D eigenvalue weighted by Gasteiger charge is 2.15. The van der Waals surface area contributed by atoms with Gasteiger partial charge in [0, 0.05) is 35.0 Å². The first-order valence-corrected chi connectivity index (χ1v) is 7.48. The van der Waals surface area contributed by atoms with E-state index in [0.29, 0.717) is 28.7 Å². The van der Waals surface area contributed by atoms with Gasteiger partial charge in [0.2, 0.25) is 0 Å². The molecule has 1 aromatic carbocycles. The summed E-state index contributed by atoms with van der Waals surface area (Å²) in [5, 5.41) is 3.85. The highest BCUT2D eigenvalue weighted by Crippen LogP contribution is 2.23. The summed E-state index contributed by atoms with van der Waals surface area (Å²) in [4.78, 5) is 0.234. The fraction of sp³-hybridized carbons (Fsp3) is 0.273. The SMILES string of the molecule is C=C(Cl)CNCc1c(Cl)cccc1S(C)(=O)=O. The van der Waals surface area contributed by atoms with E-state index < -0.39 is 9.84 Å². The molecule has 0 radical (unpaired) electrons. The molecule has 0 saturated carbocycles. The van der Waals surface area contributed by atoms with Crippen LogP contribution < -0.4 is 5.32 Å². The third-order valence-corrected chi connectivity index (χ3v) is 3.76. The molecule has 94 valence electrons. The largest absolute Gasteiger partial charge is 0.308 e. The molecule has 0 fully saturated rings. The molecule has 0 bridgehead atoms. The van der Waals surface area contributed by atoms with Crippen molar-refractivity contribution < 1.29 is 8.42 Å². The van der Waals surface area contributed by atoms with Crippen LogP contribution >= 0.6 is 23.2 Å². The fourth-order valence-corrected chi connectivity index (χ4v) is 2.73. The van der Waals surface area contributed by atoms with Gasteiger partial charge in [-0.2, -0.15) is 0 Å². The Hall–Kier alpha value is -0.550. The smallest absolute Gasteiger partial charge is 0.175 e. The van der Waals surface area contributed by atoms with Gasteiger partial charge in [-0.3, -0.25) is 0 Å². The fourth-order valence-electron chi connectivity index (χ4n) is 1.38. The van der Waals surface area contributed by atoms with Crippen molar-refractivity contribution in [3.63, 3.8) is 0 Å². The van der Waals surface area contributed by atoms with E-state index in [2.05, 4.69) is 11.9 Å². The molecule has 0 aliphatic rings. The minimum absolute atomic E-state index is 0.234. The van der Waals surface area contributed by atoms with Crippen molar-refractivity contribution >= 4 is 33.0 Å². The second-order valence-electron chi connectivity index (χ2n) is 3.61. The van der Waals surface area contributed by atoms with Crippen LogP contribution in [0.4, 0.5) is 0 Å². The topological polar surface area (TPSA) is 46.2 Å². The molecule has 0 aromatic heterocycles. The van der Waals surface area contributed by atoms with Crippen molar-refractivity contribution in [1.82, 2.24) is 5.32 Å². The van der Waals surface area contributed by atoms with Gasteiger partial charge < -0.3 is 5.32 Å². The van der Waals surface area contributed by atoms with Crippen molar-refractivity contribution in [2.75, 3.05) is 12.8 Å². The second kappa shape index (κ2) is 5.87. The van der Waals surface area contributed by atoms with E-state index in [4.69, 9.17) is 23.2 Å². The second-order valence-corrected chi connectivity index (χ2v) is 6.54. The van der Waals surface area contributed by atoms with Crippen LogP contribution in [0.15, 0.2) is 34.7 Å². The van der Waals surface area contributed by atoms with Gasteiger partial charge in [-0.25, -0.2) is 8.42 Å². The predicted octanol–water partition coefficient (Wildman–Crippen LogP) is 2.59. The first-order valence-electron chi connectivity index (χ1n) is 4.84. The summed E-state index contributed by atoms with van der Waals surface area (Å²) in [6.07, 6.45) is 1.16. The third kappa shape index (κ3) is 4.32. The lowest BCUT2D eigenvalue weighted by atomic mass is 10.2. The quantitative estimate of drug-likeness (QED) is 0.908. The van der Waals surface area contributed by atoms with Crippen molar-refractivity contribution in [2.45, 2.75) is 11.4 Å². The minimum Gasteiger partial charge on any atom is -0.308 e. The lowest BCUT2D eigenvalue weighted by Gasteiger charge is -2.10. The zero-order chi connectivity index (χ0) is 13.1. The molecule has 0 spiro atoms. The molecular formula is C11H13Cl2NO2S. The van der Waals surface area contributed by atoms with Crippen molar-refractivity contribution in [1.29, 1.82) is 0 Å². The normalized spacial score (nSPS) is 11.5. The summed E-state index contributed by atoms with van der Waals surface area (Å²) < 4.78 is 23.1. The first-order chi connectivity index (χ1) is 7.82. The Labute approximate surface area is 111 Å². The molecule has 0 heterocycles. The molecule has 1 aromatic rings. The van der Waals surface area contributed by atoms with Crippen molar-refractivity contribution in [3.05, 3.63) is 40.4 Å². The molecule has 0 saturated heterocycles. The standard InChI is InChI=1S/C11H13Cl2NO2S/c1-8(12)6-14-7-9-10(13)4-3-5-11(9)17(2,15)16/h3-5,14H,1,6-7H2,2H3. The summed E-state index contributed by atoms with van der Waals surface area (Å²) >= 11 is 11.6. The van der Waals surface area contributed by atoms with E-state index >= 15 is 0 Å². The van der Waals surface area contributed by atoms with Crippen LogP contribution in [0.3, 0.4) is 0 Å². The van der Waals surface area contributed by atoms with E-state index in [1.807, 2.05) is 0 Å². The van der Waals surface area contributed by atoms with Crippen LogP contribution in [-0.4, -0.2) is 21.2 Å². The van der Waals surface area contributed by atoms with Gasteiger partial charge in [-0.15, -0.1) is 0 Å². The Morgan fingerprint density at radius 1 is 1.47 bits per heavy atom. The Morgan fingerprint density at radius 2 is 2.12 bits per heavy atom. The molecular weight excluding hydrogens is 281 g/mol. The summed E-state index contributed by atoms with van der Waals surface area (Å²) in [5.41, 5.74) is 0.551. The summed E-state index contributed by atoms with van der Waals surface area (Å²) in [6.45, 7) is 4.26. The molecule has 1 rings (SSSR count). The maximum atomic E-state index is 11.6. The average molecular weight is 294 g/mol. The summed E-state index contributed by atoms with van der Waals surface area (Å²) in [7, 11) is -3.29. The number of sulfone groups is 1.